The number of anilines is 1. The minimum absolute atomic E-state index is 0.0254. The molecule has 21 heavy (non-hydrogen) atoms. The highest BCUT2D eigenvalue weighted by atomic mass is 79.9. The molecule has 2 aromatic rings. The Bertz CT molecular complexity index is 663. The Kier molecular flexibility index (Phi) is 4.12. The molecule has 1 aliphatic rings. The van der Waals surface area contributed by atoms with Crippen molar-refractivity contribution >= 4 is 39.1 Å². The van der Waals surface area contributed by atoms with Gasteiger partial charge in [0.1, 0.15) is 5.75 Å². The van der Waals surface area contributed by atoms with Crippen LogP contribution in [-0.4, -0.2) is 22.8 Å². The number of rotatable bonds is 3. The molecule has 1 aromatic heterocycles. The molecule has 0 saturated carbocycles. The van der Waals surface area contributed by atoms with Crippen LogP contribution in [0.15, 0.2) is 47.1 Å². The van der Waals surface area contributed by atoms with Gasteiger partial charge in [-0.3, -0.25) is 4.79 Å². The molecule has 0 aliphatic carbocycles. The lowest BCUT2D eigenvalue weighted by Crippen LogP contribution is -2.24. The molecule has 1 aliphatic heterocycles. The summed E-state index contributed by atoms with van der Waals surface area (Å²) < 4.78 is 6.59. The van der Waals surface area contributed by atoms with Crippen molar-refractivity contribution in [1.29, 1.82) is 0 Å². The summed E-state index contributed by atoms with van der Waals surface area (Å²) in [6.45, 7) is 0.522. The smallest absolute Gasteiger partial charge is 0.228 e. The summed E-state index contributed by atoms with van der Waals surface area (Å²) in [5.74, 6) is 1.20. The number of hydrogen-bond donors (Lipinski definition) is 0. The third-order valence-electron chi connectivity index (χ3n) is 3.13. The van der Waals surface area contributed by atoms with Crippen molar-refractivity contribution < 1.29 is 9.53 Å². The number of hydrogen-bond acceptors (Lipinski definition) is 3. The van der Waals surface area contributed by atoms with Gasteiger partial charge >= 0.3 is 0 Å². The number of carbonyl (C=O) groups excluding carboxylic acids is 1. The van der Waals surface area contributed by atoms with Gasteiger partial charge in [0, 0.05) is 23.5 Å². The van der Waals surface area contributed by atoms with E-state index < -0.39 is 0 Å². The molecular formula is C15H12BrClN2O2. The predicted molar refractivity (Wildman–Crippen MR) is 85.1 cm³/mol. The summed E-state index contributed by atoms with van der Waals surface area (Å²) in [7, 11) is 0. The zero-order chi connectivity index (χ0) is 14.8. The number of ether oxygens (including phenoxy) is 1. The van der Waals surface area contributed by atoms with Crippen molar-refractivity contribution in [3.05, 3.63) is 47.1 Å². The third-order valence-corrected chi connectivity index (χ3v) is 3.91. The predicted octanol–water partition coefficient (Wildman–Crippen LogP) is 3.98. The monoisotopic (exact) mass is 366 g/mol. The normalized spacial score (nSPS) is 18.1. The van der Waals surface area contributed by atoms with Gasteiger partial charge in [0.25, 0.3) is 0 Å². The molecule has 1 fully saturated rings. The molecule has 1 saturated heterocycles. The second kappa shape index (κ2) is 6.03. The average Bonchev–Trinajstić information content (AvgIpc) is 2.79. The van der Waals surface area contributed by atoms with Crippen molar-refractivity contribution in [2.24, 2.45) is 0 Å². The molecule has 0 bridgehead atoms. The van der Waals surface area contributed by atoms with Gasteiger partial charge in [-0.2, -0.15) is 0 Å². The summed E-state index contributed by atoms with van der Waals surface area (Å²) in [6.07, 6.45) is 2.00. The highest BCUT2D eigenvalue weighted by molar-refractivity contribution is 9.10. The van der Waals surface area contributed by atoms with Gasteiger partial charge in [0.2, 0.25) is 11.8 Å². The van der Waals surface area contributed by atoms with E-state index in [0.29, 0.717) is 24.6 Å². The minimum Gasteiger partial charge on any atom is -0.439 e. The Balaban J connectivity index is 1.74. The number of halogens is 2. The first-order valence-electron chi connectivity index (χ1n) is 6.46. The quantitative estimate of drug-likeness (QED) is 0.771. The van der Waals surface area contributed by atoms with Crippen LogP contribution in [0, 0.1) is 0 Å². The molecule has 1 atom stereocenters. The van der Waals surface area contributed by atoms with E-state index in [1.165, 1.54) is 0 Å². The molecule has 0 N–H and O–H groups in total. The number of pyridine rings is 1. The summed E-state index contributed by atoms with van der Waals surface area (Å²) in [5.41, 5.74) is 0.741. The Morgan fingerprint density at radius 2 is 2.19 bits per heavy atom. The van der Waals surface area contributed by atoms with E-state index in [4.69, 9.17) is 16.3 Å². The largest absolute Gasteiger partial charge is 0.439 e. The van der Waals surface area contributed by atoms with Crippen LogP contribution in [0.1, 0.15) is 6.42 Å². The molecule has 4 nitrogen and oxygen atoms in total. The zero-order valence-electron chi connectivity index (χ0n) is 11.0. The van der Waals surface area contributed by atoms with Gasteiger partial charge in [-0.05, 0) is 24.3 Å². The molecule has 108 valence electrons. The van der Waals surface area contributed by atoms with E-state index >= 15 is 0 Å². The van der Waals surface area contributed by atoms with Crippen molar-refractivity contribution in [1.82, 2.24) is 4.98 Å². The van der Waals surface area contributed by atoms with Gasteiger partial charge in [-0.15, -0.1) is 11.6 Å². The van der Waals surface area contributed by atoms with E-state index in [1.807, 2.05) is 30.3 Å². The van der Waals surface area contributed by atoms with Crippen LogP contribution < -0.4 is 9.64 Å². The number of alkyl halides is 1. The van der Waals surface area contributed by atoms with Crippen molar-refractivity contribution in [3.8, 4) is 11.6 Å². The fourth-order valence-corrected chi connectivity index (χ4v) is 2.81. The lowest BCUT2D eigenvalue weighted by Gasteiger charge is -2.15. The first-order chi connectivity index (χ1) is 10.1. The lowest BCUT2D eigenvalue weighted by molar-refractivity contribution is -0.117. The maximum atomic E-state index is 11.8. The highest BCUT2D eigenvalue weighted by Crippen LogP contribution is 2.27. The fourth-order valence-electron chi connectivity index (χ4n) is 2.16. The van der Waals surface area contributed by atoms with E-state index in [1.54, 1.807) is 17.2 Å². The molecule has 6 heteroatoms. The van der Waals surface area contributed by atoms with Crippen molar-refractivity contribution in [2.45, 2.75) is 11.8 Å². The molecular weight excluding hydrogens is 356 g/mol. The maximum Gasteiger partial charge on any atom is 0.228 e. The van der Waals surface area contributed by atoms with E-state index in [0.717, 1.165) is 10.2 Å². The number of aromatic nitrogens is 1. The molecule has 0 spiro atoms. The van der Waals surface area contributed by atoms with Crippen LogP contribution in [0.25, 0.3) is 0 Å². The molecule has 3 rings (SSSR count). The highest BCUT2D eigenvalue weighted by Gasteiger charge is 2.29. The Hall–Kier alpha value is -1.59. The minimum atomic E-state index is -0.130. The summed E-state index contributed by atoms with van der Waals surface area (Å²) in [5, 5.41) is -0.130. The van der Waals surface area contributed by atoms with Gasteiger partial charge < -0.3 is 9.64 Å². The average molecular weight is 368 g/mol. The van der Waals surface area contributed by atoms with E-state index in [2.05, 4.69) is 20.9 Å². The lowest BCUT2D eigenvalue weighted by atomic mass is 10.3. The fraction of sp³-hybridized carbons (Fsp3) is 0.200. The number of carbonyl (C=O) groups is 1. The van der Waals surface area contributed by atoms with Gasteiger partial charge in [0.15, 0.2) is 0 Å². The summed E-state index contributed by atoms with van der Waals surface area (Å²) >= 11 is 9.38. The second-order valence-electron chi connectivity index (χ2n) is 4.72. The molecule has 1 aromatic carbocycles. The first kappa shape index (κ1) is 14.4. The third kappa shape index (κ3) is 3.36. The molecule has 0 radical (unpaired) electrons. The van der Waals surface area contributed by atoms with Crippen molar-refractivity contribution in [3.63, 3.8) is 0 Å². The topological polar surface area (TPSA) is 42.4 Å². The summed E-state index contributed by atoms with van der Waals surface area (Å²) in [6, 6.07) is 11.1. The molecule has 1 amide bonds. The Morgan fingerprint density at radius 3 is 2.81 bits per heavy atom. The number of amides is 1. The second-order valence-corrected chi connectivity index (χ2v) is 6.25. The van der Waals surface area contributed by atoms with Crippen LogP contribution >= 0.6 is 27.5 Å². The molecule has 1 unspecified atom stereocenters. The van der Waals surface area contributed by atoms with Gasteiger partial charge in [-0.1, -0.05) is 22.0 Å². The van der Waals surface area contributed by atoms with Gasteiger partial charge in [-0.25, -0.2) is 4.98 Å². The summed E-state index contributed by atoms with van der Waals surface area (Å²) in [4.78, 5) is 17.7. The van der Waals surface area contributed by atoms with Crippen LogP contribution in [0.4, 0.5) is 5.69 Å². The van der Waals surface area contributed by atoms with Gasteiger partial charge in [0.05, 0.1) is 17.3 Å². The van der Waals surface area contributed by atoms with E-state index in [9.17, 15) is 4.79 Å². The van der Waals surface area contributed by atoms with Crippen molar-refractivity contribution in [2.75, 3.05) is 11.4 Å². The van der Waals surface area contributed by atoms with Crippen LogP contribution in [0.3, 0.4) is 0 Å². The van der Waals surface area contributed by atoms with Crippen LogP contribution in [-0.2, 0) is 4.79 Å². The Labute approximate surface area is 135 Å². The van der Waals surface area contributed by atoms with Crippen LogP contribution in [0.2, 0.25) is 0 Å². The standard InChI is InChI=1S/C15H12BrClN2O2/c16-10-2-1-3-13(6-10)21-14-5-4-12(8-18-14)19-9-11(17)7-15(19)20/h1-6,8,11H,7,9H2. The first-order valence-corrected chi connectivity index (χ1v) is 7.69. The molecule has 2 heterocycles. The Morgan fingerprint density at radius 1 is 1.33 bits per heavy atom. The van der Waals surface area contributed by atoms with E-state index in [-0.39, 0.29) is 11.3 Å². The SMILES string of the molecule is O=C1CC(Cl)CN1c1ccc(Oc2cccc(Br)c2)nc1. The number of benzene rings is 1. The van der Waals surface area contributed by atoms with Crippen LogP contribution in [0.5, 0.6) is 11.6 Å². The zero-order valence-corrected chi connectivity index (χ0v) is 13.3. The maximum absolute atomic E-state index is 11.8. The number of nitrogens with zero attached hydrogens (tertiary/aromatic N) is 2.